The molecule has 0 saturated carbocycles. The number of amides is 1. The van der Waals surface area contributed by atoms with Crippen LogP contribution in [0.25, 0.3) is 6.08 Å². The van der Waals surface area contributed by atoms with Crippen molar-refractivity contribution in [3.8, 4) is 11.8 Å². The molecule has 0 unspecified atom stereocenters. The molecule has 5 nitrogen and oxygen atoms in total. The van der Waals surface area contributed by atoms with Crippen molar-refractivity contribution in [2.24, 2.45) is 0 Å². The normalized spacial score (nSPS) is 13.7. The Labute approximate surface area is 225 Å². The zero-order valence-electron chi connectivity index (χ0n) is 20.4. The highest BCUT2D eigenvalue weighted by molar-refractivity contribution is 9.10. The number of benzene rings is 3. The molecule has 0 aliphatic carbocycles. The lowest BCUT2D eigenvalue weighted by atomic mass is 10.0. The van der Waals surface area contributed by atoms with Gasteiger partial charge in [0.15, 0.2) is 0 Å². The number of carbonyl (C=O) groups is 1. The van der Waals surface area contributed by atoms with Crippen molar-refractivity contribution in [2.75, 3.05) is 31.1 Å². The number of nitriles is 1. The minimum absolute atomic E-state index is 0.0709. The van der Waals surface area contributed by atoms with Gasteiger partial charge < -0.3 is 14.5 Å². The second-order valence-corrected chi connectivity index (χ2v) is 9.50. The van der Waals surface area contributed by atoms with Gasteiger partial charge in [0.25, 0.3) is 5.91 Å². The zero-order valence-corrected chi connectivity index (χ0v) is 22.0. The van der Waals surface area contributed by atoms with E-state index in [1.54, 1.807) is 41.3 Å². The summed E-state index contributed by atoms with van der Waals surface area (Å²) in [7, 11) is 0. The molecule has 1 aliphatic heterocycles. The van der Waals surface area contributed by atoms with Crippen LogP contribution >= 0.6 is 15.9 Å². The lowest BCUT2D eigenvalue weighted by Gasteiger charge is -2.36. The summed E-state index contributed by atoms with van der Waals surface area (Å²) in [5.74, 6) is -0.0381. The van der Waals surface area contributed by atoms with Crippen molar-refractivity contribution in [2.45, 2.75) is 13.0 Å². The molecule has 4 rings (SSSR count). The molecule has 0 N–H and O–H groups in total. The van der Waals surface area contributed by atoms with E-state index in [9.17, 15) is 14.4 Å². The number of para-hydroxylation sites is 1. The third-order valence-corrected chi connectivity index (χ3v) is 6.78. The van der Waals surface area contributed by atoms with E-state index < -0.39 is 0 Å². The van der Waals surface area contributed by atoms with Gasteiger partial charge >= 0.3 is 0 Å². The number of anilines is 1. The summed E-state index contributed by atoms with van der Waals surface area (Å²) in [6.45, 7) is 6.39. The molecule has 3 aromatic carbocycles. The first kappa shape index (κ1) is 26.2. The van der Waals surface area contributed by atoms with E-state index in [-0.39, 0.29) is 23.9 Å². The van der Waals surface area contributed by atoms with Crippen molar-refractivity contribution in [1.29, 1.82) is 5.26 Å². The van der Waals surface area contributed by atoms with Gasteiger partial charge in [0, 0.05) is 37.4 Å². The minimum Gasteiger partial charge on any atom is -0.487 e. The van der Waals surface area contributed by atoms with Crippen LogP contribution in [0.15, 0.2) is 89.4 Å². The summed E-state index contributed by atoms with van der Waals surface area (Å²) < 4.78 is 20.7. The Kier molecular flexibility index (Phi) is 8.76. The first-order valence-corrected chi connectivity index (χ1v) is 12.8. The molecule has 1 aliphatic rings. The molecule has 0 aromatic heterocycles. The van der Waals surface area contributed by atoms with Crippen molar-refractivity contribution >= 4 is 33.6 Å². The van der Waals surface area contributed by atoms with E-state index >= 15 is 0 Å². The number of hydrogen-bond donors (Lipinski definition) is 0. The highest BCUT2D eigenvalue weighted by atomic mass is 79.9. The Balaban J connectivity index is 1.50. The maximum Gasteiger partial charge on any atom is 0.264 e. The van der Waals surface area contributed by atoms with E-state index in [1.807, 2.05) is 24.3 Å². The molecule has 1 amide bonds. The van der Waals surface area contributed by atoms with E-state index in [4.69, 9.17) is 4.74 Å². The first-order valence-electron chi connectivity index (χ1n) is 12.0. The van der Waals surface area contributed by atoms with Crippen molar-refractivity contribution < 1.29 is 13.9 Å². The summed E-state index contributed by atoms with van der Waals surface area (Å²) in [5.41, 5.74) is 3.16. The molecule has 188 valence electrons. The van der Waals surface area contributed by atoms with Crippen molar-refractivity contribution in [3.63, 3.8) is 0 Å². The van der Waals surface area contributed by atoms with Crippen LogP contribution in [0.2, 0.25) is 0 Å². The largest absolute Gasteiger partial charge is 0.487 e. The molecule has 37 heavy (non-hydrogen) atoms. The number of allylic oxidation sites excluding steroid dienone is 1. The maximum absolute atomic E-state index is 14.0. The number of halogens is 2. The van der Waals surface area contributed by atoms with Gasteiger partial charge in [-0.05, 0) is 69.9 Å². The topological polar surface area (TPSA) is 56.6 Å². The Bertz CT molecular complexity index is 1340. The van der Waals surface area contributed by atoms with Crippen molar-refractivity contribution in [3.05, 3.63) is 112 Å². The average Bonchev–Trinajstić information content (AvgIpc) is 2.92. The number of ether oxygens (including phenoxy) is 1. The lowest BCUT2D eigenvalue weighted by Crippen LogP contribution is -2.49. The number of rotatable bonds is 8. The molecule has 3 aromatic rings. The van der Waals surface area contributed by atoms with Crippen LogP contribution in [-0.2, 0) is 17.8 Å². The summed E-state index contributed by atoms with van der Waals surface area (Å²) in [6.07, 6.45) is 3.85. The standard InChI is InChI=1S/C30H27BrFN3O2/c1-2-8-23-17-22(19-27(31)29(23)37-21-24-9-6-7-12-28(24)32)18-25(20-33)30(36)35-15-13-34(14-16-35)26-10-4-3-5-11-26/h2-7,9-12,17-19H,1,8,13-16,21H2/b25-18-. The van der Waals surface area contributed by atoms with Gasteiger partial charge in [0.05, 0.1) is 4.47 Å². The van der Waals surface area contributed by atoms with Crippen LogP contribution in [0, 0.1) is 17.1 Å². The third kappa shape index (κ3) is 6.46. The molecular weight excluding hydrogens is 533 g/mol. The fourth-order valence-electron chi connectivity index (χ4n) is 4.28. The predicted octanol–water partition coefficient (Wildman–Crippen LogP) is 6.15. The second kappa shape index (κ2) is 12.4. The van der Waals surface area contributed by atoms with Crippen LogP contribution < -0.4 is 9.64 Å². The molecule has 1 fully saturated rings. The van der Waals surface area contributed by atoms with Gasteiger partial charge in [0.2, 0.25) is 0 Å². The monoisotopic (exact) mass is 559 g/mol. The molecule has 0 spiro atoms. The summed E-state index contributed by atoms with van der Waals surface area (Å²) >= 11 is 3.55. The van der Waals surface area contributed by atoms with Gasteiger partial charge in [-0.2, -0.15) is 5.26 Å². The first-order chi connectivity index (χ1) is 18.0. The fraction of sp³-hybridized carbons (Fsp3) is 0.200. The average molecular weight is 560 g/mol. The lowest BCUT2D eigenvalue weighted by molar-refractivity contribution is -0.126. The second-order valence-electron chi connectivity index (χ2n) is 8.65. The number of hydrogen-bond acceptors (Lipinski definition) is 4. The maximum atomic E-state index is 14.0. The van der Waals surface area contributed by atoms with E-state index in [1.165, 1.54) is 6.07 Å². The summed E-state index contributed by atoms with van der Waals surface area (Å²) in [4.78, 5) is 17.1. The van der Waals surface area contributed by atoms with Crippen LogP contribution in [0.3, 0.4) is 0 Å². The smallest absolute Gasteiger partial charge is 0.264 e. The van der Waals surface area contributed by atoms with Crippen LogP contribution in [0.1, 0.15) is 16.7 Å². The molecule has 1 heterocycles. The van der Waals surface area contributed by atoms with Crippen LogP contribution in [0.4, 0.5) is 10.1 Å². The Morgan fingerprint density at radius 3 is 2.43 bits per heavy atom. The van der Waals surface area contributed by atoms with Gasteiger partial charge in [-0.3, -0.25) is 4.79 Å². The summed E-state index contributed by atoms with van der Waals surface area (Å²) in [6, 6.07) is 22.3. The van der Waals surface area contributed by atoms with Gasteiger partial charge in [-0.15, -0.1) is 6.58 Å². The highest BCUT2D eigenvalue weighted by Gasteiger charge is 2.24. The molecule has 1 saturated heterocycles. The fourth-order valence-corrected chi connectivity index (χ4v) is 4.91. The van der Waals surface area contributed by atoms with Crippen LogP contribution in [0.5, 0.6) is 5.75 Å². The number of piperazine rings is 1. The Morgan fingerprint density at radius 1 is 1.05 bits per heavy atom. The molecule has 0 radical (unpaired) electrons. The number of nitrogens with zero attached hydrogens (tertiary/aromatic N) is 3. The predicted molar refractivity (Wildman–Crippen MR) is 148 cm³/mol. The van der Waals surface area contributed by atoms with Crippen molar-refractivity contribution in [1.82, 2.24) is 4.90 Å². The van der Waals surface area contributed by atoms with E-state index in [0.717, 1.165) is 11.3 Å². The molecule has 0 bridgehead atoms. The van der Waals surface area contributed by atoms with Gasteiger partial charge in [0.1, 0.15) is 29.8 Å². The zero-order chi connectivity index (χ0) is 26.2. The molecule has 0 atom stereocenters. The Hall–Kier alpha value is -3.89. The summed E-state index contributed by atoms with van der Waals surface area (Å²) in [5, 5.41) is 9.79. The minimum atomic E-state index is -0.328. The third-order valence-electron chi connectivity index (χ3n) is 6.19. The Morgan fingerprint density at radius 2 is 1.76 bits per heavy atom. The number of carbonyl (C=O) groups excluding carboxylic acids is 1. The highest BCUT2D eigenvalue weighted by Crippen LogP contribution is 2.33. The quantitative estimate of drug-likeness (QED) is 0.188. The van der Waals surface area contributed by atoms with Crippen LogP contribution in [-0.4, -0.2) is 37.0 Å². The SMILES string of the molecule is C=CCc1cc(/C=C(/C#N)C(=O)N2CCN(c3ccccc3)CC2)cc(Br)c1OCc1ccccc1F. The molecular formula is C30H27BrFN3O2. The molecule has 7 heteroatoms. The van der Waals surface area contributed by atoms with Gasteiger partial charge in [-0.1, -0.05) is 42.5 Å². The van der Waals surface area contributed by atoms with E-state index in [2.05, 4.69) is 45.6 Å². The van der Waals surface area contributed by atoms with Gasteiger partial charge in [-0.25, -0.2) is 4.39 Å². The van der Waals surface area contributed by atoms with E-state index in [0.29, 0.717) is 53.9 Å².